The van der Waals surface area contributed by atoms with Crippen LogP contribution in [-0.2, 0) is 0 Å². The van der Waals surface area contributed by atoms with Crippen molar-refractivity contribution in [2.24, 2.45) is 0 Å². The molecule has 1 nitrogen and oxygen atoms in total. The van der Waals surface area contributed by atoms with Gasteiger partial charge in [0, 0.05) is 0 Å². The first-order chi connectivity index (χ1) is 1.00. The van der Waals surface area contributed by atoms with E-state index >= 15 is 0 Å². The standard InChI is InChI=1S/ClHO.Mg.Na.3H/c1-2;;;;;/h2H;;;;;/q;+2;+1;3*-1. The van der Waals surface area contributed by atoms with Crippen molar-refractivity contribution in [3.05, 3.63) is 0 Å². The molecule has 0 spiro atoms. The fraction of sp³-hybridized carbons (Fsp3) is 0. The molecular weight excluding hydrogens is 98.7 g/mol. The van der Waals surface area contributed by atoms with Crippen molar-refractivity contribution in [2.75, 3.05) is 0 Å². The van der Waals surface area contributed by atoms with Gasteiger partial charge in [-0.25, -0.2) is 0 Å². The second-order valence-corrected chi connectivity index (χ2v) is 0. The van der Waals surface area contributed by atoms with E-state index in [4.69, 9.17) is 4.66 Å². The normalized spacial score (nSPS) is 1.50. The van der Waals surface area contributed by atoms with Crippen LogP contribution in [0.3, 0.4) is 0 Å². The molecule has 0 bridgehead atoms. The first kappa shape index (κ1) is 16.6. The summed E-state index contributed by atoms with van der Waals surface area (Å²) in [5, 5.41) is 0. The summed E-state index contributed by atoms with van der Waals surface area (Å²) in [5.74, 6) is 0. The summed E-state index contributed by atoms with van der Waals surface area (Å²) in [6.07, 6.45) is 0. The Morgan fingerprint density at radius 2 is 1.50 bits per heavy atom. The third-order valence-electron chi connectivity index (χ3n) is 0. The van der Waals surface area contributed by atoms with Crippen molar-refractivity contribution in [1.82, 2.24) is 0 Å². The van der Waals surface area contributed by atoms with Gasteiger partial charge in [0.2, 0.25) is 0 Å². The Morgan fingerprint density at radius 3 is 1.50 bits per heavy atom. The summed E-state index contributed by atoms with van der Waals surface area (Å²) >= 11 is 3.64. The van der Waals surface area contributed by atoms with Crippen molar-refractivity contribution < 1.29 is 38.5 Å². The molecule has 0 radical (unpaired) electrons. The second kappa shape index (κ2) is 19.9. The third-order valence-corrected chi connectivity index (χ3v) is 0. The van der Waals surface area contributed by atoms with Crippen LogP contribution in [-0.4, -0.2) is 27.7 Å². The zero-order chi connectivity index (χ0) is 2.00. The van der Waals surface area contributed by atoms with Gasteiger partial charge in [0.15, 0.2) is 0 Å². The Bertz CT molecular complexity index is 14.9. The predicted molar refractivity (Wildman–Crippen MR) is 17.2 cm³/mol. The molecule has 0 aromatic heterocycles. The quantitative estimate of drug-likeness (QED) is 0.326. The van der Waals surface area contributed by atoms with Gasteiger partial charge in [-0.05, 0) is 0 Å². The van der Waals surface area contributed by atoms with Crippen molar-refractivity contribution in [3.8, 4) is 0 Å². The van der Waals surface area contributed by atoms with E-state index in [0.717, 1.165) is 0 Å². The van der Waals surface area contributed by atoms with Gasteiger partial charge in [-0.15, -0.1) is 0 Å². The van der Waals surface area contributed by atoms with E-state index in [1.54, 1.807) is 0 Å². The maximum Gasteiger partial charge on any atom is 2.00 e. The fourth-order valence-corrected chi connectivity index (χ4v) is 0. The average molecular weight is 103 g/mol. The van der Waals surface area contributed by atoms with Crippen LogP contribution in [0.25, 0.3) is 0 Å². The SMILES string of the molecule is OCl.[H-].[H-].[H-].[Mg+2].[Na+]. The third kappa shape index (κ3) is 8.99. The number of halogens is 1. The monoisotopic (exact) mass is 102 g/mol. The van der Waals surface area contributed by atoms with E-state index in [1.807, 2.05) is 0 Å². The van der Waals surface area contributed by atoms with Gasteiger partial charge in [0.25, 0.3) is 0 Å². The molecular formula is H4ClMgNaO. The van der Waals surface area contributed by atoms with E-state index in [0.29, 0.717) is 0 Å². The largest absolute Gasteiger partial charge is 2.00 e. The van der Waals surface area contributed by atoms with Crippen LogP contribution in [0.2, 0.25) is 0 Å². The van der Waals surface area contributed by atoms with E-state index in [2.05, 4.69) is 11.9 Å². The molecule has 0 rings (SSSR count). The molecule has 4 heteroatoms. The molecule has 20 valence electrons. The molecule has 0 aromatic carbocycles. The van der Waals surface area contributed by atoms with Crippen molar-refractivity contribution in [2.45, 2.75) is 0 Å². The molecule has 0 unspecified atom stereocenters. The van der Waals surface area contributed by atoms with Crippen LogP contribution < -0.4 is 29.6 Å². The minimum atomic E-state index is 0. The summed E-state index contributed by atoms with van der Waals surface area (Å²) in [7, 11) is 0. The van der Waals surface area contributed by atoms with Crippen molar-refractivity contribution >= 4 is 34.9 Å². The smallest absolute Gasteiger partial charge is 1.00 e. The predicted octanol–water partition coefficient (Wildman–Crippen LogP) is -2.91. The van der Waals surface area contributed by atoms with E-state index in [9.17, 15) is 0 Å². The minimum Gasteiger partial charge on any atom is -1.00 e. The van der Waals surface area contributed by atoms with E-state index < -0.39 is 0 Å². The van der Waals surface area contributed by atoms with Gasteiger partial charge in [-0.1, -0.05) is 0 Å². The topological polar surface area (TPSA) is 20.2 Å². The Hall–Kier alpha value is 2.02. The van der Waals surface area contributed by atoms with Crippen molar-refractivity contribution in [1.29, 1.82) is 0 Å². The fourth-order valence-electron chi connectivity index (χ4n) is 0. The number of hydrogen-bond acceptors (Lipinski definition) is 1. The minimum absolute atomic E-state index is 0. The van der Waals surface area contributed by atoms with Crippen LogP contribution in [0.1, 0.15) is 4.28 Å². The van der Waals surface area contributed by atoms with Gasteiger partial charge in [0.05, 0.1) is 11.9 Å². The molecule has 0 aliphatic rings. The van der Waals surface area contributed by atoms with Crippen LogP contribution >= 0.6 is 11.9 Å². The molecule has 0 fully saturated rings. The Balaban J connectivity index is -0.000000000500. The van der Waals surface area contributed by atoms with Crippen LogP contribution in [0.4, 0.5) is 0 Å². The Labute approximate surface area is 72.8 Å². The molecule has 1 N–H and O–H groups in total. The summed E-state index contributed by atoms with van der Waals surface area (Å²) in [5.41, 5.74) is 0. The first-order valence-electron chi connectivity index (χ1n) is 0.169. The van der Waals surface area contributed by atoms with Crippen LogP contribution in [0, 0.1) is 0 Å². The van der Waals surface area contributed by atoms with E-state index in [-0.39, 0.29) is 56.9 Å². The van der Waals surface area contributed by atoms with Gasteiger partial charge >= 0.3 is 52.6 Å². The van der Waals surface area contributed by atoms with Gasteiger partial charge in [0.1, 0.15) is 0 Å². The zero-order valence-electron chi connectivity index (χ0n) is 5.53. The molecule has 0 aliphatic heterocycles. The van der Waals surface area contributed by atoms with Gasteiger partial charge < -0.3 is 4.28 Å². The summed E-state index contributed by atoms with van der Waals surface area (Å²) in [4.78, 5) is 0. The van der Waals surface area contributed by atoms with Crippen LogP contribution in [0.5, 0.6) is 0 Å². The van der Waals surface area contributed by atoms with Crippen LogP contribution in [0.15, 0.2) is 0 Å². The maximum absolute atomic E-state index is 6.47. The molecule has 0 saturated heterocycles. The summed E-state index contributed by atoms with van der Waals surface area (Å²) in [6.45, 7) is 0. The van der Waals surface area contributed by atoms with Gasteiger partial charge in [-0.3, -0.25) is 4.66 Å². The average Bonchev–Trinajstić information content (AvgIpc) is 1.00. The second-order valence-electron chi connectivity index (χ2n) is 0. The molecule has 0 aliphatic carbocycles. The maximum atomic E-state index is 6.47. The first-order valence-corrected chi connectivity index (χ1v) is 0.507. The number of hydrogen-bond donors (Lipinski definition) is 1. The molecule has 0 amide bonds. The number of rotatable bonds is 0. The molecule has 0 atom stereocenters. The van der Waals surface area contributed by atoms with E-state index in [1.165, 1.54) is 0 Å². The molecule has 0 heterocycles. The summed E-state index contributed by atoms with van der Waals surface area (Å²) < 4.78 is 6.47. The zero-order valence-corrected chi connectivity index (χ0v) is 6.70. The van der Waals surface area contributed by atoms with Gasteiger partial charge in [-0.2, -0.15) is 0 Å². The molecule has 0 aromatic rings. The van der Waals surface area contributed by atoms with Crippen molar-refractivity contribution in [3.63, 3.8) is 0 Å². The Kier molecular flexibility index (Phi) is 82.8. The summed E-state index contributed by atoms with van der Waals surface area (Å²) in [6, 6.07) is 0. The molecule has 4 heavy (non-hydrogen) atoms. The molecule has 0 saturated carbocycles. The Morgan fingerprint density at radius 1 is 1.50 bits per heavy atom.